The third kappa shape index (κ3) is 3.71. The molecule has 1 aliphatic heterocycles. The summed E-state index contributed by atoms with van der Waals surface area (Å²) in [5.74, 6) is -3.18. The minimum atomic E-state index is -3.62. The van der Waals surface area contributed by atoms with Gasteiger partial charge >= 0.3 is 5.97 Å². The van der Waals surface area contributed by atoms with Crippen LogP contribution in [0.25, 0.3) is 5.57 Å². The van der Waals surface area contributed by atoms with Crippen molar-refractivity contribution < 1.29 is 31.5 Å². The van der Waals surface area contributed by atoms with E-state index in [-0.39, 0.29) is 27.5 Å². The number of cyclic esters (lactones) is 1. The summed E-state index contributed by atoms with van der Waals surface area (Å²) in [5, 5.41) is 0. The molecule has 8 heteroatoms. The molecule has 0 aliphatic carbocycles. The predicted molar refractivity (Wildman–Crippen MR) is 93.6 cm³/mol. The van der Waals surface area contributed by atoms with Crippen molar-refractivity contribution in [2.75, 3.05) is 6.26 Å². The Hall–Kier alpha value is -2.74. The smallest absolute Gasteiger partial charge is 0.375 e. The van der Waals surface area contributed by atoms with E-state index in [1.54, 1.807) is 26.0 Å². The van der Waals surface area contributed by atoms with E-state index in [1.807, 2.05) is 0 Å². The molecule has 27 heavy (non-hydrogen) atoms. The van der Waals surface area contributed by atoms with Gasteiger partial charge in [0.05, 0.1) is 10.5 Å². The molecule has 0 unspecified atom stereocenters. The van der Waals surface area contributed by atoms with Crippen molar-refractivity contribution in [3.8, 4) is 5.75 Å². The molecule has 0 saturated heterocycles. The highest BCUT2D eigenvalue weighted by molar-refractivity contribution is 7.90. The first-order chi connectivity index (χ1) is 12.5. The number of carbonyl (C=O) groups is 1. The molecule has 5 nitrogen and oxygen atoms in total. The molecule has 1 heterocycles. The highest BCUT2D eigenvalue weighted by Gasteiger charge is 2.44. The fraction of sp³-hybridized carbons (Fsp3) is 0.211. The van der Waals surface area contributed by atoms with Gasteiger partial charge in [-0.25, -0.2) is 22.0 Å². The first kappa shape index (κ1) is 19.0. The monoisotopic (exact) mass is 394 g/mol. The van der Waals surface area contributed by atoms with Gasteiger partial charge in [0.25, 0.3) is 0 Å². The number of benzene rings is 2. The number of sulfone groups is 1. The molecule has 0 saturated carbocycles. The molecule has 0 radical (unpaired) electrons. The van der Waals surface area contributed by atoms with Gasteiger partial charge in [-0.05, 0) is 19.9 Å². The molecule has 2 aromatic rings. The molecular weight excluding hydrogens is 378 g/mol. The molecule has 3 rings (SSSR count). The summed E-state index contributed by atoms with van der Waals surface area (Å²) in [6, 6.07) is 8.56. The number of hydrogen-bond donors (Lipinski definition) is 0. The van der Waals surface area contributed by atoms with Crippen molar-refractivity contribution in [2.45, 2.75) is 24.3 Å². The molecule has 2 aromatic carbocycles. The van der Waals surface area contributed by atoms with E-state index in [0.29, 0.717) is 6.07 Å². The Morgan fingerprint density at radius 1 is 1.04 bits per heavy atom. The number of esters is 1. The van der Waals surface area contributed by atoms with E-state index < -0.39 is 33.0 Å². The maximum atomic E-state index is 13.5. The molecule has 0 atom stereocenters. The van der Waals surface area contributed by atoms with Gasteiger partial charge in [0.1, 0.15) is 23.0 Å². The molecule has 0 N–H and O–H groups in total. The van der Waals surface area contributed by atoms with Crippen LogP contribution in [0.15, 0.2) is 53.1 Å². The maximum Gasteiger partial charge on any atom is 0.375 e. The Bertz CT molecular complexity index is 1050. The van der Waals surface area contributed by atoms with Crippen LogP contribution in [0.1, 0.15) is 19.4 Å². The van der Waals surface area contributed by atoms with Crippen LogP contribution in [0.2, 0.25) is 0 Å². The Morgan fingerprint density at radius 2 is 1.63 bits per heavy atom. The number of hydrogen-bond acceptors (Lipinski definition) is 5. The topological polar surface area (TPSA) is 69.7 Å². The van der Waals surface area contributed by atoms with Crippen LogP contribution in [-0.4, -0.2) is 26.2 Å². The molecule has 0 bridgehead atoms. The normalized spacial score (nSPS) is 16.4. The van der Waals surface area contributed by atoms with Gasteiger partial charge in [0, 0.05) is 30.0 Å². The van der Waals surface area contributed by atoms with E-state index in [1.165, 1.54) is 12.1 Å². The van der Waals surface area contributed by atoms with E-state index in [2.05, 4.69) is 0 Å². The summed E-state index contributed by atoms with van der Waals surface area (Å²) in [7, 11) is -3.62. The third-order valence-electron chi connectivity index (χ3n) is 3.97. The molecule has 0 amide bonds. The van der Waals surface area contributed by atoms with Gasteiger partial charge in [-0.3, -0.25) is 0 Å². The maximum absolute atomic E-state index is 13.5. The average Bonchev–Trinajstić information content (AvgIpc) is 2.74. The lowest BCUT2D eigenvalue weighted by Crippen LogP contribution is -2.23. The second-order valence-electron chi connectivity index (χ2n) is 6.58. The molecular formula is C19H16F2O5S. The summed E-state index contributed by atoms with van der Waals surface area (Å²) < 4.78 is 62.0. The lowest BCUT2D eigenvalue weighted by Gasteiger charge is -2.22. The zero-order chi connectivity index (χ0) is 20.0. The summed E-state index contributed by atoms with van der Waals surface area (Å²) in [4.78, 5) is 12.4. The van der Waals surface area contributed by atoms with Crippen molar-refractivity contribution >= 4 is 21.4 Å². The minimum Gasteiger partial charge on any atom is -0.449 e. The zero-order valence-electron chi connectivity index (χ0n) is 14.7. The minimum absolute atomic E-state index is 0.0158. The standard InChI is InChI=1S/C19H16F2O5S/c1-19(2)16(14-6-4-5-7-15(14)27(3,23)24)17(18(22)26-19)25-13-9-11(20)8-12(21)10-13/h4-10H,1-3H3. The summed E-state index contributed by atoms with van der Waals surface area (Å²) in [6.45, 7) is 3.14. The quantitative estimate of drug-likeness (QED) is 0.743. The SMILES string of the molecule is CC1(C)OC(=O)C(Oc2cc(F)cc(F)c2)=C1c1ccccc1S(C)(=O)=O. The Kier molecular flexibility index (Phi) is 4.55. The van der Waals surface area contributed by atoms with Gasteiger partial charge in [-0.15, -0.1) is 0 Å². The van der Waals surface area contributed by atoms with Gasteiger partial charge in [-0.2, -0.15) is 0 Å². The van der Waals surface area contributed by atoms with E-state index in [0.717, 1.165) is 18.4 Å². The van der Waals surface area contributed by atoms with Crippen molar-refractivity contribution in [1.82, 2.24) is 0 Å². The van der Waals surface area contributed by atoms with Crippen LogP contribution >= 0.6 is 0 Å². The zero-order valence-corrected chi connectivity index (χ0v) is 15.6. The number of halogens is 2. The van der Waals surface area contributed by atoms with E-state index in [9.17, 15) is 22.0 Å². The van der Waals surface area contributed by atoms with Crippen LogP contribution in [-0.2, 0) is 19.4 Å². The summed E-state index contributed by atoms with van der Waals surface area (Å²) in [5.41, 5.74) is -0.806. The van der Waals surface area contributed by atoms with Crippen LogP contribution < -0.4 is 4.74 Å². The fourth-order valence-electron chi connectivity index (χ4n) is 2.95. The molecule has 0 aromatic heterocycles. The Labute approximate surface area is 155 Å². The average molecular weight is 394 g/mol. The second kappa shape index (κ2) is 6.45. The Balaban J connectivity index is 2.24. The third-order valence-corrected chi connectivity index (χ3v) is 5.13. The van der Waals surface area contributed by atoms with Gasteiger partial charge in [0.2, 0.25) is 5.76 Å². The Morgan fingerprint density at radius 3 is 2.22 bits per heavy atom. The highest BCUT2D eigenvalue weighted by atomic mass is 32.2. The largest absolute Gasteiger partial charge is 0.449 e. The first-order valence-corrected chi connectivity index (χ1v) is 9.80. The van der Waals surface area contributed by atoms with Crippen molar-refractivity contribution in [1.29, 1.82) is 0 Å². The lowest BCUT2D eigenvalue weighted by molar-refractivity contribution is -0.145. The highest BCUT2D eigenvalue weighted by Crippen LogP contribution is 2.42. The van der Waals surface area contributed by atoms with E-state index in [4.69, 9.17) is 9.47 Å². The molecule has 0 fully saturated rings. The first-order valence-electron chi connectivity index (χ1n) is 7.90. The van der Waals surface area contributed by atoms with E-state index >= 15 is 0 Å². The van der Waals surface area contributed by atoms with Crippen LogP contribution in [0.3, 0.4) is 0 Å². The van der Waals surface area contributed by atoms with Crippen molar-refractivity contribution in [2.24, 2.45) is 0 Å². The molecule has 0 spiro atoms. The molecule has 1 aliphatic rings. The van der Waals surface area contributed by atoms with Gasteiger partial charge in [0.15, 0.2) is 9.84 Å². The van der Waals surface area contributed by atoms with Crippen LogP contribution in [0.4, 0.5) is 8.78 Å². The van der Waals surface area contributed by atoms with Crippen LogP contribution in [0, 0.1) is 11.6 Å². The summed E-state index contributed by atoms with van der Waals surface area (Å²) in [6.07, 6.45) is 1.04. The van der Waals surface area contributed by atoms with Gasteiger partial charge < -0.3 is 9.47 Å². The second-order valence-corrected chi connectivity index (χ2v) is 8.56. The van der Waals surface area contributed by atoms with Crippen molar-refractivity contribution in [3.05, 3.63) is 65.4 Å². The van der Waals surface area contributed by atoms with Crippen molar-refractivity contribution in [3.63, 3.8) is 0 Å². The fourth-order valence-corrected chi connectivity index (χ4v) is 3.84. The van der Waals surface area contributed by atoms with Gasteiger partial charge in [-0.1, -0.05) is 18.2 Å². The lowest BCUT2D eigenvalue weighted by atomic mass is 9.91. The number of rotatable bonds is 4. The number of ether oxygens (including phenoxy) is 2. The number of carbonyl (C=O) groups excluding carboxylic acids is 1. The van der Waals surface area contributed by atoms with Crippen LogP contribution in [0.5, 0.6) is 5.75 Å². The summed E-state index contributed by atoms with van der Waals surface area (Å²) >= 11 is 0. The molecule has 142 valence electrons. The predicted octanol–water partition coefficient (Wildman–Crippen LogP) is 3.49.